The number of benzene rings is 3. The molecule has 0 saturated heterocycles. The summed E-state index contributed by atoms with van der Waals surface area (Å²) >= 11 is 12.8. The Morgan fingerprint density at radius 1 is 1.06 bits per heavy atom. The molecule has 5 aromatic rings. The minimum absolute atomic E-state index is 0.359. The summed E-state index contributed by atoms with van der Waals surface area (Å²) in [5.41, 5.74) is 5.24. The molecular formula is C26H24Cl2N6O. The van der Waals surface area contributed by atoms with Gasteiger partial charge in [-0.05, 0) is 77.4 Å². The van der Waals surface area contributed by atoms with E-state index in [4.69, 9.17) is 27.9 Å². The van der Waals surface area contributed by atoms with Crippen LogP contribution >= 0.6 is 23.2 Å². The number of tetrazole rings is 1. The van der Waals surface area contributed by atoms with Crippen LogP contribution < -0.4 is 10.1 Å². The molecule has 0 aliphatic heterocycles. The summed E-state index contributed by atoms with van der Waals surface area (Å²) in [6, 6.07) is 21.0. The normalized spacial score (nSPS) is 12.2. The largest absolute Gasteiger partial charge is 0.497 e. The van der Waals surface area contributed by atoms with Gasteiger partial charge in [-0.15, -0.1) is 5.10 Å². The van der Waals surface area contributed by atoms with Crippen LogP contribution in [0.4, 0.5) is 0 Å². The number of aryl methyl sites for hydroxylation is 1. The predicted octanol–water partition coefficient (Wildman–Crippen LogP) is 5.69. The lowest BCUT2D eigenvalue weighted by Crippen LogP contribution is -2.28. The van der Waals surface area contributed by atoms with Gasteiger partial charge in [0.05, 0.1) is 18.8 Å². The quantitative estimate of drug-likeness (QED) is 0.282. The molecule has 2 aromatic heterocycles. The lowest BCUT2D eigenvalue weighted by molar-refractivity contribution is 0.414. The number of nitrogens with zero attached hydrogens (tertiary/aromatic N) is 4. The van der Waals surface area contributed by atoms with E-state index in [1.165, 1.54) is 10.9 Å². The Bertz CT molecular complexity index is 1460. The number of aromatic nitrogens is 5. The minimum atomic E-state index is -0.359. The maximum absolute atomic E-state index is 6.64. The fraction of sp³-hybridized carbons (Fsp3) is 0.192. The Balaban J connectivity index is 1.48. The van der Waals surface area contributed by atoms with Crippen molar-refractivity contribution in [2.45, 2.75) is 19.4 Å². The van der Waals surface area contributed by atoms with Crippen LogP contribution in [0.25, 0.3) is 16.6 Å². The van der Waals surface area contributed by atoms with E-state index >= 15 is 0 Å². The van der Waals surface area contributed by atoms with E-state index in [-0.39, 0.29) is 6.04 Å². The van der Waals surface area contributed by atoms with Gasteiger partial charge in [0.15, 0.2) is 5.82 Å². The number of ether oxygens (including phenoxy) is 1. The molecule has 7 nitrogen and oxygen atoms in total. The Morgan fingerprint density at radius 2 is 1.86 bits per heavy atom. The molecule has 0 amide bonds. The average molecular weight is 507 g/mol. The number of fused-ring (bicyclic) bond motifs is 1. The summed E-state index contributed by atoms with van der Waals surface area (Å²) in [7, 11) is 1.63. The molecule has 0 bridgehead atoms. The van der Waals surface area contributed by atoms with Gasteiger partial charge in [-0.25, -0.2) is 0 Å². The van der Waals surface area contributed by atoms with Gasteiger partial charge in [0.1, 0.15) is 5.75 Å². The van der Waals surface area contributed by atoms with Crippen molar-refractivity contribution in [1.82, 2.24) is 30.5 Å². The number of hydrogen-bond acceptors (Lipinski definition) is 5. The van der Waals surface area contributed by atoms with Gasteiger partial charge in [-0.2, -0.15) is 4.68 Å². The smallest absolute Gasteiger partial charge is 0.178 e. The third-order valence-electron chi connectivity index (χ3n) is 6.09. The fourth-order valence-electron chi connectivity index (χ4n) is 4.36. The van der Waals surface area contributed by atoms with E-state index in [1.54, 1.807) is 17.9 Å². The highest BCUT2D eigenvalue weighted by Crippen LogP contribution is 2.31. The highest BCUT2D eigenvalue weighted by molar-refractivity contribution is 6.35. The molecular weight excluding hydrogens is 483 g/mol. The van der Waals surface area contributed by atoms with Crippen molar-refractivity contribution < 1.29 is 4.74 Å². The third-order valence-corrected chi connectivity index (χ3v) is 6.66. The first-order chi connectivity index (χ1) is 17.0. The zero-order chi connectivity index (χ0) is 24.4. The first-order valence-electron chi connectivity index (χ1n) is 11.2. The molecule has 5 rings (SSSR count). The molecule has 0 fully saturated rings. The second-order valence-electron chi connectivity index (χ2n) is 8.22. The number of rotatable bonds is 8. The standard InChI is InChI=1S/C26H24Cl2N6O/c1-16-20(21-5-3-4-6-24(21)30-16)13-14-29-25(22-12-7-17(27)15-23(22)28)26-31-32-33-34(26)18-8-10-19(35-2)11-9-18/h3-12,15,25,29-30H,13-14H2,1-2H3/t25-/m1/s1. The summed E-state index contributed by atoms with van der Waals surface area (Å²) < 4.78 is 6.99. The summed E-state index contributed by atoms with van der Waals surface area (Å²) in [4.78, 5) is 3.47. The maximum atomic E-state index is 6.64. The zero-order valence-corrected chi connectivity index (χ0v) is 20.8. The Hall–Kier alpha value is -3.39. The first kappa shape index (κ1) is 23.4. The average Bonchev–Trinajstić information content (AvgIpc) is 3.47. The molecule has 2 N–H and O–H groups in total. The van der Waals surface area contributed by atoms with Crippen LogP contribution in [-0.2, 0) is 6.42 Å². The highest BCUT2D eigenvalue weighted by atomic mass is 35.5. The van der Waals surface area contributed by atoms with Crippen molar-refractivity contribution in [2.75, 3.05) is 13.7 Å². The van der Waals surface area contributed by atoms with Crippen molar-refractivity contribution in [1.29, 1.82) is 0 Å². The van der Waals surface area contributed by atoms with Crippen molar-refractivity contribution in [3.63, 3.8) is 0 Å². The van der Waals surface area contributed by atoms with Crippen molar-refractivity contribution in [3.05, 3.63) is 99.4 Å². The molecule has 0 spiro atoms. The Labute approximate surface area is 213 Å². The topological polar surface area (TPSA) is 80.7 Å². The van der Waals surface area contributed by atoms with Crippen molar-refractivity contribution in [3.8, 4) is 11.4 Å². The minimum Gasteiger partial charge on any atom is -0.497 e. The van der Waals surface area contributed by atoms with Crippen LogP contribution in [-0.4, -0.2) is 38.8 Å². The number of nitrogens with one attached hydrogen (secondary N) is 2. The van der Waals surface area contributed by atoms with E-state index in [2.05, 4.69) is 50.9 Å². The SMILES string of the molecule is COc1ccc(-n2nnnc2[C@H](NCCc2c(C)[nH]c3ccccc23)c2ccc(Cl)cc2Cl)cc1. The van der Waals surface area contributed by atoms with E-state index < -0.39 is 0 Å². The summed E-state index contributed by atoms with van der Waals surface area (Å²) in [6.07, 6.45) is 0.821. The van der Waals surface area contributed by atoms with E-state index in [0.29, 0.717) is 22.4 Å². The summed E-state index contributed by atoms with van der Waals surface area (Å²) in [6.45, 7) is 2.79. The predicted molar refractivity (Wildman–Crippen MR) is 139 cm³/mol. The number of para-hydroxylation sites is 1. The van der Waals surface area contributed by atoms with Gasteiger partial charge in [0, 0.05) is 33.2 Å². The van der Waals surface area contributed by atoms with Crippen LogP contribution in [0.3, 0.4) is 0 Å². The van der Waals surface area contributed by atoms with Gasteiger partial charge < -0.3 is 15.0 Å². The number of halogens is 2. The molecule has 1 atom stereocenters. The number of methoxy groups -OCH3 is 1. The molecule has 178 valence electrons. The lowest BCUT2D eigenvalue weighted by atomic mass is 10.0. The second kappa shape index (κ2) is 10.1. The highest BCUT2D eigenvalue weighted by Gasteiger charge is 2.24. The zero-order valence-electron chi connectivity index (χ0n) is 19.3. The number of hydrogen-bond donors (Lipinski definition) is 2. The molecule has 0 saturated carbocycles. The third kappa shape index (κ3) is 4.75. The molecule has 0 aliphatic rings. The summed E-state index contributed by atoms with van der Waals surface area (Å²) in [5, 5.41) is 18.6. The summed E-state index contributed by atoms with van der Waals surface area (Å²) in [5.74, 6) is 1.38. The monoisotopic (exact) mass is 506 g/mol. The lowest BCUT2D eigenvalue weighted by Gasteiger charge is -2.20. The van der Waals surface area contributed by atoms with E-state index in [1.807, 2.05) is 42.5 Å². The Morgan fingerprint density at radius 3 is 2.63 bits per heavy atom. The first-order valence-corrected chi connectivity index (χ1v) is 12.0. The van der Waals surface area contributed by atoms with Gasteiger partial charge in [-0.3, -0.25) is 0 Å². The second-order valence-corrected chi connectivity index (χ2v) is 9.07. The number of aromatic amines is 1. The van der Waals surface area contributed by atoms with E-state index in [0.717, 1.165) is 34.6 Å². The molecule has 0 aliphatic carbocycles. The molecule has 9 heteroatoms. The van der Waals surface area contributed by atoms with Gasteiger partial charge in [0.25, 0.3) is 0 Å². The van der Waals surface area contributed by atoms with E-state index in [9.17, 15) is 0 Å². The van der Waals surface area contributed by atoms with Crippen LogP contribution in [0, 0.1) is 6.92 Å². The molecule has 35 heavy (non-hydrogen) atoms. The van der Waals surface area contributed by atoms with Crippen LogP contribution in [0.1, 0.15) is 28.7 Å². The molecule has 3 aromatic carbocycles. The molecule has 0 radical (unpaired) electrons. The van der Waals surface area contributed by atoms with Crippen LogP contribution in [0.15, 0.2) is 66.7 Å². The van der Waals surface area contributed by atoms with Crippen LogP contribution in [0.5, 0.6) is 5.75 Å². The maximum Gasteiger partial charge on any atom is 0.178 e. The van der Waals surface area contributed by atoms with Crippen molar-refractivity contribution >= 4 is 34.1 Å². The van der Waals surface area contributed by atoms with Gasteiger partial charge in [-0.1, -0.05) is 47.5 Å². The van der Waals surface area contributed by atoms with Gasteiger partial charge >= 0.3 is 0 Å². The molecule has 2 heterocycles. The van der Waals surface area contributed by atoms with Gasteiger partial charge in [0.2, 0.25) is 0 Å². The van der Waals surface area contributed by atoms with Crippen LogP contribution in [0.2, 0.25) is 10.0 Å². The number of H-pyrrole nitrogens is 1. The van der Waals surface area contributed by atoms with Crippen molar-refractivity contribution in [2.24, 2.45) is 0 Å². The molecule has 0 unspecified atom stereocenters. The fourth-order valence-corrected chi connectivity index (χ4v) is 4.87. The Kier molecular flexibility index (Phi) is 6.72.